The Morgan fingerprint density at radius 1 is 1.24 bits per heavy atom. The molecule has 34 heavy (non-hydrogen) atoms. The van der Waals surface area contributed by atoms with E-state index in [1.807, 2.05) is 57.2 Å². The van der Waals surface area contributed by atoms with E-state index in [1.54, 1.807) is 23.9 Å². The first-order chi connectivity index (χ1) is 16.4. The third-order valence-electron chi connectivity index (χ3n) is 5.63. The zero-order valence-electron chi connectivity index (χ0n) is 20.0. The van der Waals surface area contributed by atoms with Crippen LogP contribution in [0, 0.1) is 6.92 Å². The van der Waals surface area contributed by atoms with Gasteiger partial charge in [-0.15, -0.1) is 0 Å². The second-order valence-electron chi connectivity index (χ2n) is 8.25. The first kappa shape index (κ1) is 23.3. The number of pyridine rings is 2. The maximum atomic E-state index is 13.0. The Balaban J connectivity index is 1.85. The summed E-state index contributed by atoms with van der Waals surface area (Å²) in [6.45, 7) is 11.1. The minimum absolute atomic E-state index is 0.0517. The van der Waals surface area contributed by atoms with E-state index < -0.39 is 0 Å². The Bertz CT molecular complexity index is 1370. The molecular formula is C26H30N6O2. The molecule has 0 saturated carbocycles. The maximum absolute atomic E-state index is 13.0. The van der Waals surface area contributed by atoms with Crippen LogP contribution in [-0.4, -0.2) is 39.8 Å². The van der Waals surface area contributed by atoms with Crippen LogP contribution in [0.3, 0.4) is 0 Å². The lowest BCUT2D eigenvalue weighted by Gasteiger charge is -2.18. The predicted molar refractivity (Wildman–Crippen MR) is 137 cm³/mol. The van der Waals surface area contributed by atoms with Gasteiger partial charge in [0.2, 0.25) is 5.95 Å². The average molecular weight is 459 g/mol. The lowest BCUT2D eigenvalue weighted by molar-refractivity contribution is 0.160. The van der Waals surface area contributed by atoms with Crippen LogP contribution in [0.2, 0.25) is 0 Å². The number of hydrogen-bond donors (Lipinski definition) is 3. The quantitative estimate of drug-likeness (QED) is 0.343. The normalized spacial score (nSPS) is 12.0. The molecule has 1 aromatic carbocycles. The van der Waals surface area contributed by atoms with E-state index in [0.29, 0.717) is 18.4 Å². The van der Waals surface area contributed by atoms with Crippen LogP contribution < -0.4 is 16.2 Å². The van der Waals surface area contributed by atoms with Gasteiger partial charge in [0.15, 0.2) is 0 Å². The van der Waals surface area contributed by atoms with Crippen molar-refractivity contribution in [1.82, 2.24) is 24.8 Å². The van der Waals surface area contributed by atoms with Crippen molar-refractivity contribution in [1.29, 1.82) is 0 Å². The van der Waals surface area contributed by atoms with Crippen LogP contribution in [0.5, 0.6) is 0 Å². The number of ether oxygens (including phenoxy) is 1. The molecule has 4 aromatic rings. The summed E-state index contributed by atoms with van der Waals surface area (Å²) in [4.78, 5) is 25.6. The molecule has 0 saturated heterocycles. The Labute approximate surface area is 198 Å². The molecule has 8 nitrogen and oxygen atoms in total. The van der Waals surface area contributed by atoms with Crippen LogP contribution >= 0.6 is 0 Å². The number of aryl methyl sites for hydroxylation is 1. The lowest BCUT2D eigenvalue weighted by atomic mass is 9.99. The highest BCUT2D eigenvalue weighted by Crippen LogP contribution is 2.33. The van der Waals surface area contributed by atoms with Gasteiger partial charge in [-0.1, -0.05) is 12.6 Å². The van der Waals surface area contributed by atoms with Gasteiger partial charge < -0.3 is 24.9 Å². The summed E-state index contributed by atoms with van der Waals surface area (Å²) in [5.41, 5.74) is 5.85. The second-order valence-corrected chi connectivity index (χ2v) is 8.25. The van der Waals surface area contributed by atoms with E-state index in [-0.39, 0.29) is 11.6 Å². The van der Waals surface area contributed by atoms with Crippen molar-refractivity contribution in [3.63, 3.8) is 0 Å². The van der Waals surface area contributed by atoms with Crippen molar-refractivity contribution in [3.8, 4) is 22.4 Å². The highest BCUT2D eigenvalue weighted by Gasteiger charge is 2.16. The molecule has 8 heteroatoms. The number of rotatable bonds is 9. The monoisotopic (exact) mass is 458 g/mol. The molecule has 0 radical (unpaired) electrons. The van der Waals surface area contributed by atoms with Gasteiger partial charge >= 0.3 is 0 Å². The van der Waals surface area contributed by atoms with E-state index in [4.69, 9.17) is 9.72 Å². The first-order valence-electron chi connectivity index (χ1n) is 11.3. The largest absolute Gasteiger partial charge is 0.383 e. The molecule has 0 aliphatic heterocycles. The van der Waals surface area contributed by atoms with Gasteiger partial charge in [-0.05, 0) is 62.2 Å². The number of nitrogens with one attached hydrogen (secondary N) is 3. The zero-order chi connectivity index (χ0) is 24.2. The van der Waals surface area contributed by atoms with Crippen LogP contribution in [0.1, 0.15) is 25.6 Å². The number of benzene rings is 1. The summed E-state index contributed by atoms with van der Waals surface area (Å²) in [7, 11) is 1.64. The molecule has 3 N–H and O–H groups in total. The Hall–Kier alpha value is -3.91. The number of anilines is 1. The van der Waals surface area contributed by atoms with Crippen LogP contribution in [0.25, 0.3) is 33.4 Å². The van der Waals surface area contributed by atoms with E-state index in [2.05, 4.69) is 27.2 Å². The first-order valence-corrected chi connectivity index (χ1v) is 11.3. The van der Waals surface area contributed by atoms with Crippen molar-refractivity contribution >= 4 is 17.0 Å². The molecule has 0 aliphatic rings. The molecule has 0 spiro atoms. The van der Waals surface area contributed by atoms with Crippen molar-refractivity contribution in [3.05, 3.63) is 77.1 Å². The van der Waals surface area contributed by atoms with E-state index in [9.17, 15) is 4.79 Å². The van der Waals surface area contributed by atoms with Crippen LogP contribution in [-0.2, 0) is 4.74 Å². The summed E-state index contributed by atoms with van der Waals surface area (Å²) in [6.07, 6.45) is 1.76. The van der Waals surface area contributed by atoms with Crippen LogP contribution in [0.4, 0.5) is 5.95 Å². The molecule has 1 unspecified atom stereocenters. The third-order valence-corrected chi connectivity index (χ3v) is 5.63. The molecule has 0 bridgehead atoms. The summed E-state index contributed by atoms with van der Waals surface area (Å²) in [6, 6.07) is 13.5. The van der Waals surface area contributed by atoms with Crippen molar-refractivity contribution in [2.75, 3.05) is 25.6 Å². The van der Waals surface area contributed by atoms with Gasteiger partial charge in [0, 0.05) is 37.2 Å². The summed E-state index contributed by atoms with van der Waals surface area (Å²) in [5.74, 6) is 1.24. The highest BCUT2D eigenvalue weighted by molar-refractivity contribution is 5.96. The number of fused-ring (bicyclic) bond motifs is 1. The smallest absolute Gasteiger partial charge is 0.251 e. The van der Waals surface area contributed by atoms with Crippen molar-refractivity contribution in [2.45, 2.75) is 26.8 Å². The highest BCUT2D eigenvalue weighted by atomic mass is 16.5. The number of hydrogen-bond acceptors (Lipinski definition) is 6. The number of aromatic amines is 1. The number of imidazole rings is 1. The molecule has 1 atom stereocenters. The third kappa shape index (κ3) is 4.72. The van der Waals surface area contributed by atoms with Crippen molar-refractivity contribution < 1.29 is 4.74 Å². The van der Waals surface area contributed by atoms with Gasteiger partial charge in [0.25, 0.3) is 5.56 Å². The second kappa shape index (κ2) is 9.93. The summed E-state index contributed by atoms with van der Waals surface area (Å²) < 4.78 is 7.01. The topological polar surface area (TPSA) is 96.9 Å². The molecule has 176 valence electrons. The number of methoxy groups -OCH3 is 1. The molecule has 3 aromatic heterocycles. The summed E-state index contributed by atoms with van der Waals surface area (Å²) in [5, 5.41) is 6.30. The minimum Gasteiger partial charge on any atom is -0.383 e. The van der Waals surface area contributed by atoms with E-state index >= 15 is 0 Å². The van der Waals surface area contributed by atoms with Gasteiger partial charge in [0.05, 0.1) is 35.2 Å². The van der Waals surface area contributed by atoms with Gasteiger partial charge in [0.1, 0.15) is 0 Å². The standard InChI is InChI=1S/C26H30N6O2/c1-6-27-18(4)29-26-30-23-13-20(12-21(25(23)31-26)22-9-7-8-10-28-22)19-11-16(2)32(24(33)14-19)17(3)15-34-5/h7-14,17,27H,4,6,15H2,1-3,5H3,(H2,29,30,31). The van der Waals surface area contributed by atoms with Gasteiger partial charge in [-0.2, -0.15) is 0 Å². The SMILES string of the molecule is C=C(NCC)Nc1nc2c(-c3ccccn3)cc(-c3cc(C)n(C(C)COC)c(=O)c3)cc2[nH]1. The molecular weight excluding hydrogens is 428 g/mol. The maximum Gasteiger partial charge on any atom is 0.251 e. The molecule has 3 heterocycles. The Morgan fingerprint density at radius 2 is 2.03 bits per heavy atom. The number of aromatic nitrogens is 4. The van der Waals surface area contributed by atoms with Gasteiger partial charge in [-0.25, -0.2) is 4.98 Å². The van der Waals surface area contributed by atoms with E-state index in [0.717, 1.165) is 45.7 Å². The predicted octanol–water partition coefficient (Wildman–Crippen LogP) is 4.46. The molecule has 0 aliphatic carbocycles. The average Bonchev–Trinajstić information content (AvgIpc) is 3.21. The Morgan fingerprint density at radius 3 is 2.71 bits per heavy atom. The Kier molecular flexibility index (Phi) is 6.79. The van der Waals surface area contributed by atoms with Crippen LogP contribution in [0.15, 0.2) is 65.9 Å². The molecule has 4 rings (SSSR count). The van der Waals surface area contributed by atoms with Crippen molar-refractivity contribution in [2.24, 2.45) is 0 Å². The van der Waals surface area contributed by atoms with Gasteiger partial charge in [-0.3, -0.25) is 9.78 Å². The summed E-state index contributed by atoms with van der Waals surface area (Å²) >= 11 is 0. The fourth-order valence-electron chi connectivity index (χ4n) is 4.22. The fourth-order valence-corrected chi connectivity index (χ4v) is 4.22. The van der Waals surface area contributed by atoms with E-state index in [1.165, 1.54) is 0 Å². The molecule has 0 fully saturated rings. The number of nitrogens with zero attached hydrogens (tertiary/aromatic N) is 3. The fraction of sp³-hybridized carbons (Fsp3) is 0.269. The lowest BCUT2D eigenvalue weighted by Crippen LogP contribution is -2.27. The molecule has 0 amide bonds. The number of H-pyrrole nitrogens is 1. The zero-order valence-corrected chi connectivity index (χ0v) is 20.0. The minimum atomic E-state index is -0.0621.